The Morgan fingerprint density at radius 2 is 1.89 bits per heavy atom. The van der Waals surface area contributed by atoms with Crippen LogP contribution in [0, 0.1) is 0 Å². The van der Waals surface area contributed by atoms with Gasteiger partial charge in [0.25, 0.3) is 0 Å². The second-order valence-corrected chi connectivity index (χ2v) is 4.33. The van der Waals surface area contributed by atoms with Gasteiger partial charge in [-0.3, -0.25) is 5.32 Å². The van der Waals surface area contributed by atoms with Crippen LogP contribution in [0.3, 0.4) is 0 Å². The maximum Gasteiger partial charge on any atom is 0.411 e. The highest BCUT2D eigenvalue weighted by Crippen LogP contribution is 2.13. The van der Waals surface area contributed by atoms with Crippen molar-refractivity contribution in [3.8, 4) is 0 Å². The van der Waals surface area contributed by atoms with Gasteiger partial charge in [-0.2, -0.15) is 0 Å². The molecule has 1 aromatic rings. The normalized spacial score (nSPS) is 9.63. The summed E-state index contributed by atoms with van der Waals surface area (Å²) in [6.45, 7) is 0.351. The SMILES string of the molecule is CN(C)C(=O)NCCOC(=O)Nc1ccc(Cl)cc1. The lowest BCUT2D eigenvalue weighted by Crippen LogP contribution is -2.36. The average Bonchev–Trinajstić information content (AvgIpc) is 2.37. The molecule has 3 amide bonds. The van der Waals surface area contributed by atoms with E-state index in [-0.39, 0.29) is 19.2 Å². The Labute approximate surface area is 116 Å². The van der Waals surface area contributed by atoms with E-state index in [1.807, 2.05) is 0 Å². The van der Waals surface area contributed by atoms with E-state index in [4.69, 9.17) is 16.3 Å². The highest BCUT2D eigenvalue weighted by atomic mass is 35.5. The number of carbonyl (C=O) groups is 2. The summed E-state index contributed by atoms with van der Waals surface area (Å²) in [7, 11) is 3.26. The molecule has 0 aliphatic heterocycles. The zero-order chi connectivity index (χ0) is 14.3. The second kappa shape index (κ2) is 7.48. The van der Waals surface area contributed by atoms with E-state index in [0.29, 0.717) is 10.7 Å². The highest BCUT2D eigenvalue weighted by molar-refractivity contribution is 6.30. The summed E-state index contributed by atoms with van der Waals surface area (Å²) >= 11 is 5.72. The minimum Gasteiger partial charge on any atom is -0.447 e. The monoisotopic (exact) mass is 285 g/mol. The number of hydrogen-bond acceptors (Lipinski definition) is 3. The molecule has 0 spiro atoms. The van der Waals surface area contributed by atoms with Crippen LogP contribution in [0.4, 0.5) is 15.3 Å². The van der Waals surface area contributed by atoms with Crippen LogP contribution in [0.25, 0.3) is 0 Å². The van der Waals surface area contributed by atoms with Crippen molar-refractivity contribution in [3.63, 3.8) is 0 Å². The van der Waals surface area contributed by atoms with Crippen LogP contribution >= 0.6 is 11.6 Å². The molecule has 6 nitrogen and oxygen atoms in total. The average molecular weight is 286 g/mol. The van der Waals surface area contributed by atoms with Crippen molar-refractivity contribution in [2.75, 3.05) is 32.6 Å². The molecule has 1 rings (SSSR count). The van der Waals surface area contributed by atoms with Crippen molar-refractivity contribution >= 4 is 29.4 Å². The third-order valence-corrected chi connectivity index (χ3v) is 2.36. The third-order valence-electron chi connectivity index (χ3n) is 2.11. The van der Waals surface area contributed by atoms with Gasteiger partial charge in [-0.05, 0) is 24.3 Å². The number of anilines is 1. The number of carbonyl (C=O) groups excluding carboxylic acids is 2. The lowest BCUT2D eigenvalue weighted by atomic mass is 10.3. The Bertz CT molecular complexity index is 434. The quantitative estimate of drug-likeness (QED) is 0.833. The number of amides is 3. The van der Waals surface area contributed by atoms with E-state index in [1.165, 1.54) is 4.90 Å². The molecule has 0 unspecified atom stereocenters. The minimum absolute atomic E-state index is 0.0962. The number of urea groups is 1. The lowest BCUT2D eigenvalue weighted by Gasteiger charge is -2.12. The summed E-state index contributed by atoms with van der Waals surface area (Å²) < 4.78 is 4.89. The standard InChI is InChI=1S/C12H16ClN3O3/c1-16(2)11(17)14-7-8-19-12(18)15-10-5-3-9(13)4-6-10/h3-6H,7-8H2,1-2H3,(H,14,17)(H,15,18). The van der Waals surface area contributed by atoms with E-state index < -0.39 is 6.09 Å². The Balaban J connectivity index is 2.21. The van der Waals surface area contributed by atoms with Gasteiger partial charge in [0.05, 0.1) is 6.54 Å². The first-order valence-electron chi connectivity index (χ1n) is 5.63. The van der Waals surface area contributed by atoms with E-state index in [0.717, 1.165) is 0 Å². The number of nitrogens with one attached hydrogen (secondary N) is 2. The van der Waals surface area contributed by atoms with E-state index in [2.05, 4.69) is 10.6 Å². The van der Waals surface area contributed by atoms with E-state index in [1.54, 1.807) is 38.4 Å². The first kappa shape index (κ1) is 15.1. The largest absolute Gasteiger partial charge is 0.447 e. The zero-order valence-corrected chi connectivity index (χ0v) is 11.5. The molecule has 0 aromatic heterocycles. The van der Waals surface area contributed by atoms with Gasteiger partial charge < -0.3 is 15.0 Å². The molecular weight excluding hydrogens is 270 g/mol. The Hall–Kier alpha value is -1.95. The van der Waals surface area contributed by atoms with Gasteiger partial charge in [0.15, 0.2) is 0 Å². The maximum absolute atomic E-state index is 11.4. The van der Waals surface area contributed by atoms with Gasteiger partial charge >= 0.3 is 12.1 Å². The molecule has 2 N–H and O–H groups in total. The molecule has 0 saturated carbocycles. The fourth-order valence-corrected chi connectivity index (χ4v) is 1.27. The van der Waals surface area contributed by atoms with Crippen molar-refractivity contribution in [2.24, 2.45) is 0 Å². The number of rotatable bonds is 4. The number of hydrogen-bond donors (Lipinski definition) is 2. The molecule has 0 radical (unpaired) electrons. The van der Waals surface area contributed by atoms with E-state index in [9.17, 15) is 9.59 Å². The van der Waals surface area contributed by atoms with Crippen molar-refractivity contribution in [2.45, 2.75) is 0 Å². The Kier molecular flexibility index (Phi) is 5.95. The molecular formula is C12H16ClN3O3. The van der Waals surface area contributed by atoms with Crippen LogP contribution < -0.4 is 10.6 Å². The Morgan fingerprint density at radius 3 is 2.47 bits per heavy atom. The molecule has 0 bridgehead atoms. The van der Waals surface area contributed by atoms with Gasteiger partial charge in [0.1, 0.15) is 6.61 Å². The molecule has 0 aliphatic carbocycles. The molecule has 0 saturated heterocycles. The predicted octanol–water partition coefficient (Wildman–Crippen LogP) is 2.16. The number of nitrogens with zero attached hydrogens (tertiary/aromatic N) is 1. The molecule has 0 aliphatic rings. The van der Waals surface area contributed by atoms with Crippen molar-refractivity contribution < 1.29 is 14.3 Å². The lowest BCUT2D eigenvalue weighted by molar-refractivity contribution is 0.160. The zero-order valence-electron chi connectivity index (χ0n) is 10.8. The van der Waals surface area contributed by atoms with Crippen molar-refractivity contribution in [1.82, 2.24) is 10.2 Å². The summed E-state index contributed by atoms with van der Waals surface area (Å²) in [5.41, 5.74) is 0.590. The highest BCUT2D eigenvalue weighted by Gasteiger charge is 2.04. The third kappa shape index (κ3) is 5.96. The van der Waals surface area contributed by atoms with Crippen LogP contribution in [0.2, 0.25) is 5.02 Å². The topological polar surface area (TPSA) is 70.7 Å². The van der Waals surface area contributed by atoms with Crippen LogP contribution in [0.15, 0.2) is 24.3 Å². The van der Waals surface area contributed by atoms with Gasteiger partial charge in [0, 0.05) is 24.8 Å². The summed E-state index contributed by atoms with van der Waals surface area (Å²) in [5.74, 6) is 0. The fourth-order valence-electron chi connectivity index (χ4n) is 1.15. The summed E-state index contributed by atoms with van der Waals surface area (Å²) in [4.78, 5) is 23.9. The van der Waals surface area contributed by atoms with Crippen LogP contribution in [-0.4, -0.2) is 44.3 Å². The van der Waals surface area contributed by atoms with Crippen LogP contribution in [0.1, 0.15) is 0 Å². The van der Waals surface area contributed by atoms with Gasteiger partial charge in [-0.25, -0.2) is 9.59 Å². The minimum atomic E-state index is -0.582. The molecule has 0 fully saturated rings. The first-order chi connectivity index (χ1) is 8.99. The van der Waals surface area contributed by atoms with E-state index >= 15 is 0 Å². The summed E-state index contributed by atoms with van der Waals surface area (Å²) in [5, 5.41) is 5.70. The molecule has 7 heteroatoms. The summed E-state index contributed by atoms with van der Waals surface area (Å²) in [6, 6.07) is 6.42. The van der Waals surface area contributed by atoms with Crippen molar-refractivity contribution in [1.29, 1.82) is 0 Å². The van der Waals surface area contributed by atoms with Gasteiger partial charge in [-0.1, -0.05) is 11.6 Å². The maximum atomic E-state index is 11.4. The molecule has 19 heavy (non-hydrogen) atoms. The van der Waals surface area contributed by atoms with Crippen molar-refractivity contribution in [3.05, 3.63) is 29.3 Å². The molecule has 0 heterocycles. The number of ether oxygens (including phenoxy) is 1. The van der Waals surface area contributed by atoms with Gasteiger partial charge in [0.2, 0.25) is 0 Å². The first-order valence-corrected chi connectivity index (χ1v) is 6.01. The number of halogens is 1. The molecule has 1 aromatic carbocycles. The van der Waals surface area contributed by atoms with Crippen LogP contribution in [0.5, 0.6) is 0 Å². The molecule has 104 valence electrons. The Morgan fingerprint density at radius 1 is 1.26 bits per heavy atom. The second-order valence-electron chi connectivity index (χ2n) is 3.89. The summed E-state index contributed by atoms with van der Waals surface area (Å²) in [6.07, 6.45) is -0.582. The smallest absolute Gasteiger partial charge is 0.411 e. The predicted molar refractivity (Wildman–Crippen MR) is 73.5 cm³/mol. The number of benzene rings is 1. The van der Waals surface area contributed by atoms with Crippen LogP contribution in [-0.2, 0) is 4.74 Å². The van der Waals surface area contributed by atoms with Gasteiger partial charge in [-0.15, -0.1) is 0 Å². The molecule has 0 atom stereocenters. The fraction of sp³-hybridized carbons (Fsp3) is 0.333.